The highest BCUT2D eigenvalue weighted by Crippen LogP contribution is 2.24. The van der Waals surface area contributed by atoms with Gasteiger partial charge in [0, 0.05) is 30.0 Å². The van der Waals surface area contributed by atoms with E-state index < -0.39 is 0 Å². The van der Waals surface area contributed by atoms with Gasteiger partial charge in [0.05, 0.1) is 6.61 Å². The zero-order valence-corrected chi connectivity index (χ0v) is 13.0. The molecule has 20 heavy (non-hydrogen) atoms. The molecule has 1 heterocycles. The Bertz CT molecular complexity index is 414. The van der Waals surface area contributed by atoms with E-state index in [1.54, 1.807) is 0 Å². The molecule has 0 atom stereocenters. The smallest absolute Gasteiger partial charge is 0.316 e. The van der Waals surface area contributed by atoms with Crippen molar-refractivity contribution >= 4 is 0 Å². The molecule has 0 saturated heterocycles. The quantitative estimate of drug-likeness (QED) is 0.867. The molecule has 0 aromatic carbocycles. The second-order valence-corrected chi connectivity index (χ2v) is 6.11. The summed E-state index contributed by atoms with van der Waals surface area (Å²) >= 11 is 0. The van der Waals surface area contributed by atoms with Crippen molar-refractivity contribution in [1.82, 2.24) is 15.3 Å². The Labute approximate surface area is 122 Å². The van der Waals surface area contributed by atoms with Crippen molar-refractivity contribution in [3.8, 4) is 6.01 Å². The number of hydrogen-bond donors (Lipinski definition) is 1. The van der Waals surface area contributed by atoms with Gasteiger partial charge in [-0.05, 0) is 25.7 Å². The molecule has 0 aliphatic heterocycles. The topological polar surface area (TPSA) is 47.0 Å². The van der Waals surface area contributed by atoms with Crippen LogP contribution in [0.5, 0.6) is 6.01 Å². The van der Waals surface area contributed by atoms with Gasteiger partial charge >= 0.3 is 6.01 Å². The zero-order chi connectivity index (χ0) is 14.4. The van der Waals surface area contributed by atoms with E-state index in [4.69, 9.17) is 4.74 Å². The van der Waals surface area contributed by atoms with E-state index in [1.807, 2.05) is 13.1 Å². The van der Waals surface area contributed by atoms with Gasteiger partial charge in [-0.2, -0.15) is 0 Å². The molecule has 1 aliphatic carbocycles. The second kappa shape index (κ2) is 7.58. The molecule has 4 heteroatoms. The molecule has 1 aromatic rings. The minimum Gasteiger partial charge on any atom is -0.463 e. The molecule has 1 aliphatic rings. The lowest BCUT2D eigenvalue weighted by molar-refractivity contribution is 0.196. The molecular weight excluding hydrogens is 250 g/mol. The SMILES string of the molecule is Cc1nc(OCC2CCCCC2)ncc1CNC(C)C. The average molecular weight is 277 g/mol. The predicted molar refractivity (Wildman–Crippen MR) is 80.8 cm³/mol. The van der Waals surface area contributed by atoms with Crippen LogP contribution < -0.4 is 10.1 Å². The van der Waals surface area contributed by atoms with Crippen molar-refractivity contribution in [2.45, 2.75) is 65.5 Å². The third-order valence-electron chi connectivity index (χ3n) is 3.93. The fraction of sp³-hybridized carbons (Fsp3) is 0.750. The summed E-state index contributed by atoms with van der Waals surface area (Å²) in [5.41, 5.74) is 2.15. The Morgan fingerprint density at radius 1 is 1.30 bits per heavy atom. The fourth-order valence-corrected chi connectivity index (χ4v) is 2.57. The molecule has 0 radical (unpaired) electrons. The summed E-state index contributed by atoms with van der Waals surface area (Å²) in [7, 11) is 0. The third kappa shape index (κ3) is 4.75. The van der Waals surface area contributed by atoms with Crippen molar-refractivity contribution in [3.05, 3.63) is 17.5 Å². The van der Waals surface area contributed by atoms with E-state index in [9.17, 15) is 0 Å². The Hall–Kier alpha value is -1.16. The van der Waals surface area contributed by atoms with E-state index in [0.717, 1.165) is 24.4 Å². The minimum absolute atomic E-state index is 0.469. The lowest BCUT2D eigenvalue weighted by atomic mass is 9.90. The standard InChI is InChI=1S/C16H27N3O/c1-12(2)17-9-15-10-18-16(19-13(15)3)20-11-14-7-5-4-6-8-14/h10,12,14,17H,4-9,11H2,1-3H3. The fourth-order valence-electron chi connectivity index (χ4n) is 2.57. The van der Waals surface area contributed by atoms with E-state index in [2.05, 4.69) is 29.1 Å². The van der Waals surface area contributed by atoms with Crippen molar-refractivity contribution in [2.75, 3.05) is 6.61 Å². The maximum atomic E-state index is 5.76. The van der Waals surface area contributed by atoms with Crippen molar-refractivity contribution in [3.63, 3.8) is 0 Å². The summed E-state index contributed by atoms with van der Waals surface area (Å²) in [6.07, 6.45) is 8.52. The lowest BCUT2D eigenvalue weighted by Crippen LogP contribution is -2.22. The molecule has 1 N–H and O–H groups in total. The predicted octanol–water partition coefficient (Wildman–Crippen LogP) is 3.24. The zero-order valence-electron chi connectivity index (χ0n) is 13.0. The molecule has 4 nitrogen and oxygen atoms in total. The summed E-state index contributed by atoms with van der Waals surface area (Å²) in [4.78, 5) is 8.79. The molecule has 0 amide bonds. The summed E-state index contributed by atoms with van der Waals surface area (Å²) in [5.74, 6) is 0.690. The first-order valence-corrected chi connectivity index (χ1v) is 7.84. The minimum atomic E-state index is 0.469. The van der Waals surface area contributed by atoms with Gasteiger partial charge in [0.15, 0.2) is 0 Å². The molecule has 1 saturated carbocycles. The first-order chi connectivity index (χ1) is 9.65. The molecule has 0 bridgehead atoms. The van der Waals surface area contributed by atoms with Gasteiger partial charge < -0.3 is 10.1 Å². The van der Waals surface area contributed by atoms with Crippen LogP contribution in [0.4, 0.5) is 0 Å². The first kappa shape index (κ1) is 15.2. The molecule has 1 fully saturated rings. The van der Waals surface area contributed by atoms with Gasteiger partial charge in [0.2, 0.25) is 0 Å². The number of rotatable bonds is 6. The van der Waals surface area contributed by atoms with E-state index >= 15 is 0 Å². The Morgan fingerprint density at radius 3 is 2.70 bits per heavy atom. The van der Waals surface area contributed by atoms with Crippen LogP contribution in [0, 0.1) is 12.8 Å². The Morgan fingerprint density at radius 2 is 2.05 bits per heavy atom. The normalized spacial score (nSPS) is 16.6. The Kier molecular flexibility index (Phi) is 5.77. The summed E-state index contributed by atoms with van der Waals surface area (Å²) in [6, 6.07) is 0.998. The van der Waals surface area contributed by atoms with Crippen LogP contribution in [-0.4, -0.2) is 22.6 Å². The number of nitrogens with one attached hydrogen (secondary N) is 1. The number of aromatic nitrogens is 2. The van der Waals surface area contributed by atoms with Crippen molar-refractivity contribution in [2.24, 2.45) is 5.92 Å². The largest absolute Gasteiger partial charge is 0.463 e. The van der Waals surface area contributed by atoms with Crippen LogP contribution in [-0.2, 0) is 6.54 Å². The number of ether oxygens (including phenoxy) is 1. The summed E-state index contributed by atoms with van der Waals surface area (Å²) in [6.45, 7) is 7.87. The highest BCUT2D eigenvalue weighted by Gasteiger charge is 2.14. The number of aryl methyl sites for hydroxylation is 1. The highest BCUT2D eigenvalue weighted by atomic mass is 16.5. The Balaban J connectivity index is 1.84. The molecule has 1 aromatic heterocycles. The van der Waals surface area contributed by atoms with Gasteiger partial charge in [-0.1, -0.05) is 33.1 Å². The van der Waals surface area contributed by atoms with Gasteiger partial charge in [0.25, 0.3) is 0 Å². The molecule has 2 rings (SSSR count). The van der Waals surface area contributed by atoms with Crippen LogP contribution >= 0.6 is 0 Å². The van der Waals surface area contributed by atoms with E-state index in [0.29, 0.717) is 18.0 Å². The van der Waals surface area contributed by atoms with Crippen molar-refractivity contribution in [1.29, 1.82) is 0 Å². The molecular formula is C16H27N3O. The van der Waals surface area contributed by atoms with E-state index in [-0.39, 0.29) is 0 Å². The molecule has 0 unspecified atom stereocenters. The number of hydrogen-bond acceptors (Lipinski definition) is 4. The second-order valence-electron chi connectivity index (χ2n) is 6.11. The first-order valence-electron chi connectivity index (χ1n) is 7.84. The maximum Gasteiger partial charge on any atom is 0.316 e. The van der Waals surface area contributed by atoms with Crippen LogP contribution in [0.3, 0.4) is 0 Å². The molecule has 0 spiro atoms. The average Bonchev–Trinajstić information content (AvgIpc) is 2.45. The van der Waals surface area contributed by atoms with Gasteiger partial charge in [-0.15, -0.1) is 0 Å². The van der Waals surface area contributed by atoms with Crippen LogP contribution in [0.2, 0.25) is 0 Å². The monoisotopic (exact) mass is 277 g/mol. The van der Waals surface area contributed by atoms with Crippen LogP contribution in [0.25, 0.3) is 0 Å². The van der Waals surface area contributed by atoms with Crippen LogP contribution in [0.15, 0.2) is 6.20 Å². The van der Waals surface area contributed by atoms with E-state index in [1.165, 1.54) is 32.1 Å². The third-order valence-corrected chi connectivity index (χ3v) is 3.93. The maximum absolute atomic E-state index is 5.76. The lowest BCUT2D eigenvalue weighted by Gasteiger charge is -2.21. The molecule has 112 valence electrons. The van der Waals surface area contributed by atoms with Crippen molar-refractivity contribution < 1.29 is 4.74 Å². The van der Waals surface area contributed by atoms with Crippen LogP contribution in [0.1, 0.15) is 57.2 Å². The summed E-state index contributed by atoms with van der Waals surface area (Å²) < 4.78 is 5.76. The van der Waals surface area contributed by atoms with Gasteiger partial charge in [-0.25, -0.2) is 9.97 Å². The summed E-state index contributed by atoms with van der Waals surface area (Å²) in [5, 5.41) is 3.38. The number of nitrogens with zero attached hydrogens (tertiary/aromatic N) is 2. The highest BCUT2D eigenvalue weighted by molar-refractivity contribution is 5.17. The van der Waals surface area contributed by atoms with Gasteiger partial charge in [-0.3, -0.25) is 0 Å². The van der Waals surface area contributed by atoms with Gasteiger partial charge in [0.1, 0.15) is 0 Å².